The molecule has 2 aliphatic heterocycles. The molecule has 0 N–H and O–H groups in total. The normalized spacial score (nSPS) is 27.1. The Bertz CT molecular complexity index is 1540. The van der Waals surface area contributed by atoms with E-state index in [4.69, 9.17) is 4.98 Å². The molecule has 11 heteroatoms. The number of Topliss-reactive ketones (excluding diaryl/α,β-unsaturated/α-hetero) is 1. The highest BCUT2D eigenvalue weighted by molar-refractivity contribution is 7.91. The van der Waals surface area contributed by atoms with E-state index in [1.165, 1.54) is 0 Å². The van der Waals surface area contributed by atoms with Gasteiger partial charge in [-0.25, -0.2) is 21.8 Å². The number of nitriles is 1. The molecule has 4 aliphatic rings. The molecule has 2 atom stereocenters. The summed E-state index contributed by atoms with van der Waals surface area (Å²) in [7, 11) is -5.95. The first-order valence-electron chi connectivity index (χ1n) is 14.8. The van der Waals surface area contributed by atoms with Crippen molar-refractivity contribution in [3.05, 3.63) is 35.0 Å². The van der Waals surface area contributed by atoms with Crippen molar-refractivity contribution in [2.24, 2.45) is 11.3 Å². The van der Waals surface area contributed by atoms with Crippen LogP contribution in [0.3, 0.4) is 0 Å². The van der Waals surface area contributed by atoms with Crippen LogP contribution in [0.5, 0.6) is 0 Å². The highest BCUT2D eigenvalue weighted by Gasteiger charge is 2.47. The summed E-state index contributed by atoms with van der Waals surface area (Å²) in [6, 6.07) is 10.6. The molecule has 0 spiro atoms. The topological polar surface area (TPSA) is 125 Å². The first-order valence-corrected chi connectivity index (χ1v) is 19.2. The van der Waals surface area contributed by atoms with Crippen molar-refractivity contribution in [2.45, 2.75) is 69.6 Å². The van der Waals surface area contributed by atoms with Gasteiger partial charge in [-0.15, -0.1) is 11.3 Å². The predicted octanol–water partition coefficient (Wildman–Crippen LogP) is 4.87. The van der Waals surface area contributed by atoms with Crippen molar-refractivity contribution in [3.8, 4) is 16.5 Å². The van der Waals surface area contributed by atoms with E-state index in [2.05, 4.69) is 23.1 Å². The minimum Gasteiger partial charge on any atom is -0.369 e. The van der Waals surface area contributed by atoms with Crippen LogP contribution in [0.1, 0.15) is 80.3 Å². The number of rotatable bonds is 7. The number of benzene rings is 1. The number of anilines is 1. The average Bonchev–Trinajstić information content (AvgIpc) is 3.60. The van der Waals surface area contributed by atoms with Gasteiger partial charge in [0, 0.05) is 43.0 Å². The number of hydrogen-bond acceptors (Lipinski definition) is 9. The molecule has 2 aromatic rings. The van der Waals surface area contributed by atoms with E-state index >= 15 is 0 Å². The van der Waals surface area contributed by atoms with Crippen LogP contribution in [-0.4, -0.2) is 63.7 Å². The lowest BCUT2D eigenvalue weighted by atomic mass is 9.73. The second-order valence-electron chi connectivity index (χ2n) is 12.4. The van der Waals surface area contributed by atoms with Gasteiger partial charge < -0.3 is 4.90 Å². The van der Waals surface area contributed by atoms with E-state index in [0.717, 1.165) is 65.4 Å². The second kappa shape index (κ2) is 11.1. The fourth-order valence-corrected chi connectivity index (χ4v) is 10.7. The van der Waals surface area contributed by atoms with Gasteiger partial charge in [0.15, 0.2) is 9.84 Å². The zero-order valence-corrected chi connectivity index (χ0v) is 25.7. The first kappa shape index (κ1) is 28.8. The fraction of sp³-hybridized carbons (Fsp3) is 0.633. The maximum Gasteiger partial charge on any atom is 0.153 e. The van der Waals surface area contributed by atoms with Crippen molar-refractivity contribution >= 4 is 42.5 Å². The zero-order chi connectivity index (χ0) is 28.8. The summed E-state index contributed by atoms with van der Waals surface area (Å²) in [6.45, 7) is 0.969. The molecule has 2 saturated heterocycles. The summed E-state index contributed by atoms with van der Waals surface area (Å²) in [4.78, 5) is 22.0. The summed E-state index contributed by atoms with van der Waals surface area (Å²) in [5.41, 5.74) is 2.50. The van der Waals surface area contributed by atoms with Crippen molar-refractivity contribution in [3.63, 3.8) is 0 Å². The summed E-state index contributed by atoms with van der Waals surface area (Å²) in [6.07, 6.45) is 6.81. The lowest BCUT2D eigenvalue weighted by molar-refractivity contribution is -0.125. The number of thiazole rings is 1. The van der Waals surface area contributed by atoms with Crippen molar-refractivity contribution in [1.29, 1.82) is 5.26 Å². The monoisotopic (exact) mass is 615 g/mol. The van der Waals surface area contributed by atoms with Crippen LogP contribution < -0.4 is 4.90 Å². The van der Waals surface area contributed by atoms with Gasteiger partial charge in [-0.05, 0) is 56.2 Å². The summed E-state index contributed by atoms with van der Waals surface area (Å²) < 4.78 is 48.0. The number of carbonyl (C=O) groups excluding carboxylic acids is 1. The zero-order valence-electron chi connectivity index (χ0n) is 23.3. The molecule has 0 unspecified atom stereocenters. The molecule has 0 radical (unpaired) electrons. The number of carbonyl (C=O) groups is 1. The molecule has 41 heavy (non-hydrogen) atoms. The van der Waals surface area contributed by atoms with Gasteiger partial charge in [-0.3, -0.25) is 4.79 Å². The lowest BCUT2D eigenvalue weighted by Crippen LogP contribution is -2.40. The molecule has 4 fully saturated rings. The van der Waals surface area contributed by atoms with Crippen LogP contribution in [0.25, 0.3) is 10.4 Å². The lowest BCUT2D eigenvalue weighted by Gasteiger charge is -2.31. The van der Waals surface area contributed by atoms with Crippen molar-refractivity contribution < 1.29 is 21.6 Å². The third kappa shape index (κ3) is 6.25. The molecule has 6 rings (SSSR count). The van der Waals surface area contributed by atoms with Crippen LogP contribution >= 0.6 is 11.3 Å². The van der Waals surface area contributed by atoms with Crippen LogP contribution in [0.4, 0.5) is 5.69 Å². The largest absolute Gasteiger partial charge is 0.369 e. The Hall–Kier alpha value is -2.29. The molecule has 220 valence electrons. The third-order valence-electron chi connectivity index (χ3n) is 9.55. The van der Waals surface area contributed by atoms with E-state index < -0.39 is 25.1 Å². The number of nitrogens with zero attached hydrogens (tertiary/aromatic N) is 3. The molecule has 0 amide bonds. The summed E-state index contributed by atoms with van der Waals surface area (Å²) in [5, 5.41) is 10.6. The second-order valence-corrected chi connectivity index (χ2v) is 18.0. The van der Waals surface area contributed by atoms with Crippen LogP contribution in [0.15, 0.2) is 24.3 Å². The standard InChI is InChI=1S/C30H37N3O5S3/c31-20-30(11-12-30)19-26(34)24-3-1-2-4-25(24)27-28(39-29(32-27)22-9-15-40(35,36)16-10-22)21-5-7-23(8-6-21)33-13-17-41(37,38)18-14-33/h5-8,22,24-25H,1-4,9-19H2/t24-,25-/m1/s1. The summed E-state index contributed by atoms with van der Waals surface area (Å²) in [5.74, 6) is 0.822. The molecular weight excluding hydrogens is 579 g/mol. The molecule has 1 aromatic heterocycles. The average molecular weight is 616 g/mol. The summed E-state index contributed by atoms with van der Waals surface area (Å²) >= 11 is 1.64. The Morgan fingerprint density at radius 1 is 0.951 bits per heavy atom. The van der Waals surface area contributed by atoms with Crippen molar-refractivity contribution in [1.82, 2.24) is 4.98 Å². The van der Waals surface area contributed by atoms with E-state index in [1.54, 1.807) is 11.3 Å². The smallest absolute Gasteiger partial charge is 0.153 e. The molecule has 8 nitrogen and oxygen atoms in total. The first-order chi connectivity index (χ1) is 19.6. The number of hydrogen-bond donors (Lipinski definition) is 0. The van der Waals surface area contributed by atoms with Gasteiger partial charge in [0.25, 0.3) is 0 Å². The molecule has 1 aromatic carbocycles. The predicted molar refractivity (Wildman–Crippen MR) is 161 cm³/mol. The van der Waals surface area contributed by atoms with Gasteiger partial charge >= 0.3 is 0 Å². The molecular formula is C30H37N3O5S3. The number of aromatic nitrogens is 1. The number of ketones is 1. The quantitative estimate of drug-likeness (QED) is 0.432. The highest BCUT2D eigenvalue weighted by atomic mass is 32.2. The maximum atomic E-state index is 13.6. The minimum absolute atomic E-state index is 0.00922. The Balaban J connectivity index is 1.32. The van der Waals surface area contributed by atoms with E-state index in [0.29, 0.717) is 32.4 Å². The molecule has 3 heterocycles. The van der Waals surface area contributed by atoms with Gasteiger partial charge in [0.05, 0.1) is 50.1 Å². The maximum absolute atomic E-state index is 13.6. The third-order valence-corrected chi connectivity index (χ3v) is 14.2. The van der Waals surface area contributed by atoms with E-state index in [1.807, 2.05) is 12.1 Å². The Morgan fingerprint density at radius 3 is 2.22 bits per heavy atom. The molecule has 2 aliphatic carbocycles. The van der Waals surface area contributed by atoms with E-state index in [-0.39, 0.29) is 46.5 Å². The minimum atomic E-state index is -2.99. The molecule has 0 bridgehead atoms. The van der Waals surface area contributed by atoms with Crippen molar-refractivity contribution in [2.75, 3.05) is 41.0 Å². The Labute approximate surface area is 247 Å². The van der Waals surface area contributed by atoms with Gasteiger partial charge in [0.2, 0.25) is 0 Å². The van der Waals surface area contributed by atoms with E-state index in [9.17, 15) is 26.9 Å². The van der Waals surface area contributed by atoms with Crippen LogP contribution in [0.2, 0.25) is 0 Å². The SMILES string of the molecule is N#CC1(CC(=O)[C@@H]2CCCC[C@H]2c2nc(C3CCS(=O)(=O)CC3)sc2-c2ccc(N3CCS(=O)(=O)CC3)cc2)CC1. The van der Waals surface area contributed by atoms with Gasteiger partial charge in [-0.2, -0.15) is 5.26 Å². The highest BCUT2D eigenvalue weighted by Crippen LogP contribution is 2.52. The number of sulfone groups is 2. The fourth-order valence-electron chi connectivity index (χ4n) is 6.70. The molecule has 2 saturated carbocycles. The van der Waals surface area contributed by atoms with Gasteiger partial charge in [0.1, 0.15) is 15.6 Å². The van der Waals surface area contributed by atoms with Gasteiger partial charge in [-0.1, -0.05) is 25.0 Å². The van der Waals surface area contributed by atoms with Crippen LogP contribution in [-0.2, 0) is 24.5 Å². The Morgan fingerprint density at radius 2 is 1.59 bits per heavy atom. The van der Waals surface area contributed by atoms with Crippen LogP contribution in [0, 0.1) is 22.7 Å². The Kier molecular flexibility index (Phi) is 7.79.